The highest BCUT2D eigenvalue weighted by Crippen LogP contribution is 2.31. The molecule has 0 bridgehead atoms. The maximum absolute atomic E-state index is 10.4. The van der Waals surface area contributed by atoms with Gasteiger partial charge in [-0.1, -0.05) is 24.3 Å². The minimum Gasteiger partial charge on any atom is -0.491 e. The van der Waals surface area contributed by atoms with Crippen molar-refractivity contribution in [2.45, 2.75) is 31.8 Å². The number of hydrogen-bond donors (Lipinski definition) is 2. The summed E-state index contributed by atoms with van der Waals surface area (Å²) in [5, 5.41) is 11.6. The number of aliphatic hydroxyl groups is 1. The highest BCUT2D eigenvalue weighted by atomic mass is 32.1. The Bertz CT molecular complexity index is 854. The number of aromatic nitrogens is 1. The summed E-state index contributed by atoms with van der Waals surface area (Å²) in [6, 6.07) is 16.4. The lowest BCUT2D eigenvalue weighted by Crippen LogP contribution is -3.14. The Kier molecular flexibility index (Phi) is 5.72. The Balaban J connectivity index is 1.25. The van der Waals surface area contributed by atoms with E-state index in [9.17, 15) is 5.11 Å². The largest absolute Gasteiger partial charge is 0.491 e. The van der Waals surface area contributed by atoms with Crippen LogP contribution in [0.4, 0.5) is 0 Å². The number of fused-ring (bicyclic) bond motifs is 1. The average Bonchev–Trinajstić information content (AvgIpc) is 3.11. The molecule has 1 saturated heterocycles. The molecule has 4 nitrogen and oxygen atoms in total. The zero-order valence-corrected chi connectivity index (χ0v) is 16.5. The summed E-state index contributed by atoms with van der Waals surface area (Å²) in [5.74, 6) is 1.39. The fourth-order valence-corrected chi connectivity index (χ4v) is 4.97. The first-order valence-electron chi connectivity index (χ1n) is 9.74. The Morgan fingerprint density at radius 3 is 2.78 bits per heavy atom. The molecule has 1 fully saturated rings. The predicted molar refractivity (Wildman–Crippen MR) is 110 cm³/mol. The minimum atomic E-state index is -0.431. The van der Waals surface area contributed by atoms with Crippen molar-refractivity contribution in [2.24, 2.45) is 0 Å². The Morgan fingerprint density at radius 2 is 2.00 bits per heavy atom. The maximum atomic E-state index is 10.4. The Labute approximate surface area is 164 Å². The van der Waals surface area contributed by atoms with Crippen LogP contribution in [0.5, 0.6) is 5.75 Å². The number of para-hydroxylation sites is 1. The van der Waals surface area contributed by atoms with E-state index < -0.39 is 6.10 Å². The van der Waals surface area contributed by atoms with Crippen LogP contribution in [0.2, 0.25) is 0 Å². The molecule has 4 rings (SSSR count). The van der Waals surface area contributed by atoms with Gasteiger partial charge in [0.25, 0.3) is 0 Å². The van der Waals surface area contributed by atoms with E-state index in [1.807, 2.05) is 42.5 Å². The molecule has 0 aliphatic carbocycles. The van der Waals surface area contributed by atoms with Gasteiger partial charge < -0.3 is 14.7 Å². The summed E-state index contributed by atoms with van der Waals surface area (Å²) in [4.78, 5) is 6.30. The number of thiazole rings is 1. The van der Waals surface area contributed by atoms with Crippen LogP contribution in [0.15, 0.2) is 48.5 Å². The van der Waals surface area contributed by atoms with E-state index in [1.165, 1.54) is 20.2 Å². The van der Waals surface area contributed by atoms with E-state index in [0.29, 0.717) is 12.5 Å². The first kappa shape index (κ1) is 18.4. The first-order chi connectivity index (χ1) is 13.2. The molecule has 1 aliphatic rings. The zero-order chi connectivity index (χ0) is 18.6. The van der Waals surface area contributed by atoms with Gasteiger partial charge in [-0.15, -0.1) is 11.3 Å². The number of ether oxygens (including phenoxy) is 1. The van der Waals surface area contributed by atoms with Crippen LogP contribution < -0.4 is 9.64 Å². The quantitative estimate of drug-likeness (QED) is 0.688. The van der Waals surface area contributed by atoms with Crippen molar-refractivity contribution >= 4 is 21.6 Å². The molecule has 0 unspecified atom stereocenters. The second-order valence-electron chi connectivity index (χ2n) is 7.53. The second kappa shape index (κ2) is 8.38. The van der Waals surface area contributed by atoms with Crippen molar-refractivity contribution < 1.29 is 14.7 Å². The van der Waals surface area contributed by atoms with Crippen molar-refractivity contribution in [3.8, 4) is 5.75 Å². The third-order valence-corrected chi connectivity index (χ3v) is 6.51. The molecule has 1 atom stereocenters. The molecule has 3 aromatic rings. The summed E-state index contributed by atoms with van der Waals surface area (Å²) in [7, 11) is 0. The third-order valence-electron chi connectivity index (χ3n) is 5.31. The van der Waals surface area contributed by atoms with E-state index in [4.69, 9.17) is 9.72 Å². The van der Waals surface area contributed by atoms with Gasteiger partial charge in [-0.05, 0) is 36.8 Å². The van der Waals surface area contributed by atoms with Crippen molar-refractivity contribution in [3.63, 3.8) is 0 Å². The second-order valence-corrected chi connectivity index (χ2v) is 8.59. The number of nitrogens with one attached hydrogen (secondary N) is 1. The molecule has 5 heteroatoms. The molecule has 2 N–H and O–H groups in total. The lowest BCUT2D eigenvalue weighted by Gasteiger charge is -2.29. The topological polar surface area (TPSA) is 46.8 Å². The van der Waals surface area contributed by atoms with E-state index >= 15 is 0 Å². The van der Waals surface area contributed by atoms with Crippen LogP contribution >= 0.6 is 11.3 Å². The molecule has 1 aliphatic heterocycles. The molecule has 0 radical (unpaired) electrons. The predicted octanol–water partition coefficient (Wildman–Crippen LogP) is 2.81. The number of benzene rings is 2. The Hall–Kier alpha value is -1.95. The molecule has 27 heavy (non-hydrogen) atoms. The summed E-state index contributed by atoms with van der Waals surface area (Å²) >= 11 is 1.84. The van der Waals surface area contributed by atoms with Gasteiger partial charge in [-0.25, -0.2) is 4.98 Å². The number of rotatable bonds is 6. The number of aliphatic hydroxyl groups excluding tert-OH is 1. The van der Waals surface area contributed by atoms with Gasteiger partial charge >= 0.3 is 0 Å². The van der Waals surface area contributed by atoms with Crippen LogP contribution in [0.1, 0.15) is 29.3 Å². The van der Waals surface area contributed by atoms with Gasteiger partial charge in [0.15, 0.2) is 0 Å². The van der Waals surface area contributed by atoms with Gasteiger partial charge in [-0.3, -0.25) is 0 Å². The normalized spacial score (nSPS) is 21.3. The van der Waals surface area contributed by atoms with Gasteiger partial charge in [0, 0.05) is 18.8 Å². The van der Waals surface area contributed by atoms with Gasteiger partial charge in [0.1, 0.15) is 25.0 Å². The standard InChI is InChI=1S/C22H26N2O2S/c1-16-5-4-6-19(13-16)26-15-18(25)14-24-11-9-17(10-12-24)22-23-20-7-2-3-8-21(20)27-22/h2-8,13,17-18,25H,9-12,14-15H2,1H3/p+1/t18-/m1/s1. The number of piperidine rings is 1. The summed E-state index contributed by atoms with van der Waals surface area (Å²) < 4.78 is 7.03. The maximum Gasteiger partial charge on any atom is 0.137 e. The van der Waals surface area contributed by atoms with E-state index in [0.717, 1.165) is 43.7 Å². The van der Waals surface area contributed by atoms with E-state index in [2.05, 4.69) is 24.3 Å². The fourth-order valence-electron chi connectivity index (χ4n) is 3.83. The number of aryl methyl sites for hydroxylation is 1. The van der Waals surface area contributed by atoms with Crippen molar-refractivity contribution in [1.29, 1.82) is 0 Å². The molecule has 2 aromatic carbocycles. The number of likely N-dealkylation sites (tertiary alicyclic amines) is 1. The molecule has 0 spiro atoms. The van der Waals surface area contributed by atoms with Crippen LogP contribution in [-0.4, -0.2) is 42.4 Å². The van der Waals surface area contributed by atoms with E-state index in [1.54, 1.807) is 0 Å². The van der Waals surface area contributed by atoms with Crippen LogP contribution in [0.25, 0.3) is 10.2 Å². The molecule has 0 saturated carbocycles. The zero-order valence-electron chi connectivity index (χ0n) is 15.7. The monoisotopic (exact) mass is 383 g/mol. The first-order valence-corrected chi connectivity index (χ1v) is 10.6. The Morgan fingerprint density at radius 1 is 1.19 bits per heavy atom. The molecule has 2 heterocycles. The smallest absolute Gasteiger partial charge is 0.137 e. The van der Waals surface area contributed by atoms with Crippen LogP contribution in [0, 0.1) is 6.92 Å². The van der Waals surface area contributed by atoms with Gasteiger partial charge in [0.05, 0.1) is 28.3 Å². The summed E-state index contributed by atoms with van der Waals surface area (Å²) in [6.07, 6.45) is 1.85. The van der Waals surface area contributed by atoms with Crippen molar-refractivity contribution in [3.05, 3.63) is 59.1 Å². The molecule has 1 aromatic heterocycles. The van der Waals surface area contributed by atoms with Crippen molar-refractivity contribution in [1.82, 2.24) is 4.98 Å². The lowest BCUT2D eigenvalue weighted by molar-refractivity contribution is -0.908. The third kappa shape index (κ3) is 4.67. The summed E-state index contributed by atoms with van der Waals surface area (Å²) in [5.41, 5.74) is 2.29. The van der Waals surface area contributed by atoms with Gasteiger partial charge in [-0.2, -0.15) is 0 Å². The van der Waals surface area contributed by atoms with Crippen LogP contribution in [-0.2, 0) is 0 Å². The number of nitrogens with zero attached hydrogens (tertiary/aromatic N) is 1. The SMILES string of the molecule is Cc1cccc(OC[C@H](O)C[NH+]2CCC(c3nc4ccccc4s3)CC2)c1. The summed E-state index contributed by atoms with van der Waals surface area (Å²) in [6.45, 7) is 5.32. The van der Waals surface area contributed by atoms with Crippen molar-refractivity contribution in [2.75, 3.05) is 26.2 Å². The highest BCUT2D eigenvalue weighted by Gasteiger charge is 2.27. The fraction of sp³-hybridized carbons (Fsp3) is 0.409. The molecular formula is C22H27N2O2S+. The molecule has 142 valence electrons. The lowest BCUT2D eigenvalue weighted by atomic mass is 9.97. The minimum absolute atomic E-state index is 0.355. The van der Waals surface area contributed by atoms with Gasteiger partial charge in [0.2, 0.25) is 0 Å². The van der Waals surface area contributed by atoms with E-state index in [-0.39, 0.29) is 0 Å². The van der Waals surface area contributed by atoms with Crippen LogP contribution in [0.3, 0.4) is 0 Å². The molecular weight excluding hydrogens is 356 g/mol. The average molecular weight is 384 g/mol. The number of quaternary nitrogens is 1. The number of hydrogen-bond acceptors (Lipinski definition) is 4. The molecule has 0 amide bonds. The highest BCUT2D eigenvalue weighted by molar-refractivity contribution is 7.18.